The standard InChI is InChI=1S/C20H25FN4O2/c1-5-14(2)27-23-19(26)24-12-15-11-22-25(17-9-7-6-8-16(17)21)18(15)10-20(3,4)13-24/h5-9,11,14H,1,10,12-13H2,2-4H3,(H,23,26). The average molecular weight is 372 g/mol. The van der Waals surface area contributed by atoms with Crippen LogP contribution in [0.1, 0.15) is 32.0 Å². The van der Waals surface area contributed by atoms with Crippen LogP contribution < -0.4 is 5.48 Å². The van der Waals surface area contributed by atoms with E-state index >= 15 is 0 Å². The normalized spacial score (nSPS) is 17.0. The number of amides is 2. The summed E-state index contributed by atoms with van der Waals surface area (Å²) in [5.41, 5.74) is 4.49. The topological polar surface area (TPSA) is 59.4 Å². The number of carbonyl (C=O) groups excluding carboxylic acids is 1. The maximum atomic E-state index is 14.3. The molecule has 3 rings (SSSR count). The molecule has 144 valence electrons. The summed E-state index contributed by atoms with van der Waals surface area (Å²) in [5.74, 6) is -0.327. The highest BCUT2D eigenvalue weighted by Gasteiger charge is 2.33. The zero-order valence-corrected chi connectivity index (χ0v) is 15.9. The molecule has 0 aliphatic carbocycles. The maximum Gasteiger partial charge on any atom is 0.341 e. The van der Waals surface area contributed by atoms with Crippen LogP contribution >= 0.6 is 0 Å². The van der Waals surface area contributed by atoms with E-state index < -0.39 is 0 Å². The molecule has 1 aromatic heterocycles. The lowest BCUT2D eigenvalue weighted by atomic mass is 9.87. The van der Waals surface area contributed by atoms with Gasteiger partial charge in [-0.25, -0.2) is 19.3 Å². The zero-order valence-electron chi connectivity index (χ0n) is 15.9. The summed E-state index contributed by atoms with van der Waals surface area (Å²) >= 11 is 0. The van der Waals surface area contributed by atoms with E-state index in [0.29, 0.717) is 25.2 Å². The molecule has 0 fully saturated rings. The highest BCUT2D eigenvalue weighted by Crippen LogP contribution is 2.31. The number of nitrogens with one attached hydrogen (secondary N) is 1. The van der Waals surface area contributed by atoms with Crippen LogP contribution in [0.5, 0.6) is 0 Å². The number of urea groups is 1. The molecular weight excluding hydrogens is 347 g/mol. The Morgan fingerprint density at radius 2 is 2.19 bits per heavy atom. The highest BCUT2D eigenvalue weighted by molar-refractivity contribution is 5.73. The third-order valence-electron chi connectivity index (χ3n) is 4.61. The van der Waals surface area contributed by atoms with Gasteiger partial charge in [0.05, 0.1) is 12.7 Å². The number of carbonyl (C=O) groups is 1. The number of benzene rings is 1. The van der Waals surface area contributed by atoms with Gasteiger partial charge in [-0.1, -0.05) is 32.1 Å². The van der Waals surface area contributed by atoms with Gasteiger partial charge >= 0.3 is 6.03 Å². The van der Waals surface area contributed by atoms with E-state index in [1.807, 2.05) is 0 Å². The summed E-state index contributed by atoms with van der Waals surface area (Å²) in [6.07, 6.45) is 3.69. The lowest BCUT2D eigenvalue weighted by Gasteiger charge is -2.29. The molecule has 1 aliphatic rings. The Labute approximate surface area is 158 Å². The SMILES string of the molecule is C=CC(C)ONC(=O)N1Cc2cnn(-c3ccccc3F)c2CC(C)(C)C1. The second-order valence-electron chi connectivity index (χ2n) is 7.64. The van der Waals surface area contributed by atoms with E-state index in [0.717, 1.165) is 11.3 Å². The fourth-order valence-electron chi connectivity index (χ4n) is 3.25. The number of hydrogen-bond acceptors (Lipinski definition) is 3. The van der Waals surface area contributed by atoms with Crippen molar-refractivity contribution in [2.75, 3.05) is 6.54 Å². The Morgan fingerprint density at radius 1 is 1.44 bits per heavy atom. The van der Waals surface area contributed by atoms with Gasteiger partial charge in [0.2, 0.25) is 0 Å². The zero-order chi connectivity index (χ0) is 19.6. The van der Waals surface area contributed by atoms with Gasteiger partial charge in [-0.3, -0.25) is 4.84 Å². The second kappa shape index (κ2) is 7.52. The van der Waals surface area contributed by atoms with Crippen molar-refractivity contribution in [2.45, 2.75) is 39.8 Å². The van der Waals surface area contributed by atoms with Crippen molar-refractivity contribution < 1.29 is 14.0 Å². The maximum absolute atomic E-state index is 14.3. The molecule has 1 N–H and O–H groups in total. The molecule has 27 heavy (non-hydrogen) atoms. The number of rotatable bonds is 4. The van der Waals surface area contributed by atoms with Gasteiger partial charge in [0, 0.05) is 17.8 Å². The van der Waals surface area contributed by atoms with E-state index in [4.69, 9.17) is 4.84 Å². The Morgan fingerprint density at radius 3 is 2.89 bits per heavy atom. The van der Waals surface area contributed by atoms with Crippen molar-refractivity contribution >= 4 is 6.03 Å². The quantitative estimate of drug-likeness (QED) is 0.659. The van der Waals surface area contributed by atoms with Crippen LogP contribution in [-0.2, 0) is 17.8 Å². The predicted molar refractivity (Wildman–Crippen MR) is 101 cm³/mol. The van der Waals surface area contributed by atoms with Crippen LogP contribution in [-0.4, -0.2) is 33.4 Å². The van der Waals surface area contributed by atoms with Crippen molar-refractivity contribution in [3.8, 4) is 5.69 Å². The summed E-state index contributed by atoms with van der Waals surface area (Å²) in [6.45, 7) is 10.5. The second-order valence-corrected chi connectivity index (χ2v) is 7.64. The van der Waals surface area contributed by atoms with E-state index in [-0.39, 0.29) is 23.4 Å². The minimum atomic E-state index is -0.327. The fourth-order valence-corrected chi connectivity index (χ4v) is 3.25. The molecule has 1 aliphatic heterocycles. The van der Waals surface area contributed by atoms with Crippen molar-refractivity contribution in [3.63, 3.8) is 0 Å². The van der Waals surface area contributed by atoms with Crippen molar-refractivity contribution in [3.05, 3.63) is 60.2 Å². The summed E-state index contributed by atoms with van der Waals surface area (Å²) in [6, 6.07) is 6.25. The molecule has 0 radical (unpaired) electrons. The van der Waals surface area contributed by atoms with Crippen molar-refractivity contribution in [2.24, 2.45) is 5.41 Å². The van der Waals surface area contributed by atoms with Crippen LogP contribution in [0.25, 0.3) is 5.69 Å². The Hall–Kier alpha value is -2.67. The molecule has 6 nitrogen and oxygen atoms in total. The fraction of sp³-hybridized carbons (Fsp3) is 0.400. The first kappa shape index (κ1) is 19.1. The first-order chi connectivity index (χ1) is 12.8. The predicted octanol–water partition coefficient (Wildman–Crippen LogP) is 3.61. The molecule has 2 heterocycles. The summed E-state index contributed by atoms with van der Waals surface area (Å²) in [7, 11) is 0. The number of halogens is 1. The van der Waals surface area contributed by atoms with Crippen molar-refractivity contribution in [1.82, 2.24) is 20.2 Å². The Balaban J connectivity index is 1.89. The van der Waals surface area contributed by atoms with Gasteiger partial charge in [0.25, 0.3) is 0 Å². The number of hydroxylamine groups is 1. The minimum absolute atomic E-state index is 0.213. The molecule has 2 aromatic rings. The molecule has 2 amide bonds. The molecule has 1 aromatic carbocycles. The third-order valence-corrected chi connectivity index (χ3v) is 4.61. The lowest BCUT2D eigenvalue weighted by molar-refractivity contribution is 0.0172. The van der Waals surface area contributed by atoms with E-state index in [9.17, 15) is 9.18 Å². The first-order valence-electron chi connectivity index (χ1n) is 8.94. The number of hydrogen-bond donors (Lipinski definition) is 1. The van der Waals surface area contributed by atoms with Crippen molar-refractivity contribution in [1.29, 1.82) is 0 Å². The van der Waals surface area contributed by atoms with E-state index in [1.54, 1.807) is 47.0 Å². The largest absolute Gasteiger partial charge is 0.341 e. The molecule has 0 saturated heterocycles. The van der Waals surface area contributed by atoms with Gasteiger partial charge in [-0.15, -0.1) is 6.58 Å². The molecule has 0 spiro atoms. The Bertz CT molecular complexity index is 846. The monoisotopic (exact) mass is 372 g/mol. The Kier molecular flexibility index (Phi) is 5.32. The summed E-state index contributed by atoms with van der Waals surface area (Å²) < 4.78 is 15.9. The molecule has 0 bridgehead atoms. The van der Waals surface area contributed by atoms with Crippen LogP contribution in [0.15, 0.2) is 43.1 Å². The third kappa shape index (κ3) is 4.19. The van der Waals surface area contributed by atoms with Gasteiger partial charge in [-0.2, -0.15) is 5.10 Å². The van der Waals surface area contributed by atoms with Gasteiger partial charge in [0.15, 0.2) is 0 Å². The number of para-hydroxylation sites is 1. The smallest absolute Gasteiger partial charge is 0.318 e. The lowest BCUT2D eigenvalue weighted by Crippen LogP contribution is -2.44. The van der Waals surface area contributed by atoms with Gasteiger partial charge in [0.1, 0.15) is 17.6 Å². The van der Waals surface area contributed by atoms with Crippen LogP contribution in [0.4, 0.5) is 9.18 Å². The van der Waals surface area contributed by atoms with Crippen LogP contribution in [0.3, 0.4) is 0 Å². The average Bonchev–Trinajstić information content (AvgIpc) is 2.93. The first-order valence-corrected chi connectivity index (χ1v) is 8.94. The molecule has 1 unspecified atom stereocenters. The van der Waals surface area contributed by atoms with Crippen LogP contribution in [0.2, 0.25) is 0 Å². The van der Waals surface area contributed by atoms with E-state index in [1.165, 1.54) is 6.07 Å². The molecule has 1 atom stereocenters. The molecule has 0 saturated carbocycles. The molecule has 7 heteroatoms. The highest BCUT2D eigenvalue weighted by atomic mass is 19.1. The van der Waals surface area contributed by atoms with Gasteiger partial charge in [-0.05, 0) is 30.9 Å². The summed E-state index contributed by atoms with van der Waals surface area (Å²) in [4.78, 5) is 19.5. The van der Waals surface area contributed by atoms with E-state index in [2.05, 4.69) is 31.0 Å². The number of nitrogens with zero attached hydrogens (tertiary/aromatic N) is 3. The molecular formula is C20H25FN4O2. The van der Waals surface area contributed by atoms with Crippen LogP contribution in [0, 0.1) is 11.2 Å². The van der Waals surface area contributed by atoms with Gasteiger partial charge < -0.3 is 4.90 Å². The minimum Gasteiger partial charge on any atom is -0.318 e. The summed E-state index contributed by atoms with van der Waals surface area (Å²) in [5, 5.41) is 4.39. The number of fused-ring (bicyclic) bond motifs is 1. The number of aromatic nitrogens is 2.